The lowest BCUT2D eigenvalue weighted by atomic mass is 10.3. The second-order valence-electron chi connectivity index (χ2n) is 3.88. The summed E-state index contributed by atoms with van der Waals surface area (Å²) in [6, 6.07) is 7.69. The van der Waals surface area contributed by atoms with Crippen LogP contribution in [0, 0.1) is 0 Å². The summed E-state index contributed by atoms with van der Waals surface area (Å²) in [7, 11) is 0. The van der Waals surface area contributed by atoms with Crippen molar-refractivity contribution in [3.63, 3.8) is 0 Å². The van der Waals surface area contributed by atoms with E-state index in [1.54, 1.807) is 6.33 Å². The summed E-state index contributed by atoms with van der Waals surface area (Å²) in [4.78, 5) is 12.3. The van der Waals surface area contributed by atoms with Crippen LogP contribution in [-0.4, -0.2) is 26.1 Å². The van der Waals surface area contributed by atoms with Gasteiger partial charge in [0.2, 0.25) is 0 Å². The minimum absolute atomic E-state index is 0.386. The molecule has 0 aliphatic rings. The van der Waals surface area contributed by atoms with Crippen LogP contribution >= 0.6 is 11.6 Å². The van der Waals surface area contributed by atoms with Gasteiger partial charge in [0.15, 0.2) is 10.8 Å². The molecule has 19 heavy (non-hydrogen) atoms. The number of hydrogen-bond acceptors (Lipinski definition) is 4. The van der Waals surface area contributed by atoms with Gasteiger partial charge in [-0.2, -0.15) is 0 Å². The third kappa shape index (κ3) is 2.13. The van der Waals surface area contributed by atoms with Crippen molar-refractivity contribution in [2.45, 2.75) is 6.92 Å². The van der Waals surface area contributed by atoms with Gasteiger partial charge < -0.3 is 4.74 Å². The van der Waals surface area contributed by atoms with Crippen LogP contribution in [-0.2, 0) is 0 Å². The van der Waals surface area contributed by atoms with Gasteiger partial charge in [0, 0.05) is 5.69 Å². The maximum Gasteiger partial charge on any atom is 0.182 e. The van der Waals surface area contributed by atoms with E-state index < -0.39 is 0 Å². The van der Waals surface area contributed by atoms with Crippen LogP contribution in [0.5, 0.6) is 5.75 Å². The van der Waals surface area contributed by atoms with Gasteiger partial charge in [0.05, 0.1) is 6.61 Å². The Morgan fingerprint density at radius 2 is 1.95 bits per heavy atom. The number of rotatable bonds is 3. The summed E-state index contributed by atoms with van der Waals surface area (Å²) in [5.41, 5.74) is 2.21. The highest BCUT2D eigenvalue weighted by atomic mass is 35.5. The fourth-order valence-corrected chi connectivity index (χ4v) is 2.11. The molecule has 6 heteroatoms. The molecule has 1 aromatic carbocycles. The van der Waals surface area contributed by atoms with E-state index in [9.17, 15) is 0 Å². The van der Waals surface area contributed by atoms with Crippen molar-refractivity contribution in [2.24, 2.45) is 0 Å². The first kappa shape index (κ1) is 11.9. The molecule has 0 amide bonds. The molecular weight excluding hydrogens is 264 g/mol. The lowest BCUT2D eigenvalue weighted by Crippen LogP contribution is -1.95. The van der Waals surface area contributed by atoms with Crippen molar-refractivity contribution < 1.29 is 4.74 Å². The standard InChI is InChI=1S/C13H11ClN4O/c1-2-19-10-5-3-9(4-6-10)18-8-17-13-11(18)12(14)15-7-16-13/h3-8H,2H2,1H3. The summed E-state index contributed by atoms with van der Waals surface area (Å²) >= 11 is 6.10. The molecule has 0 atom stereocenters. The van der Waals surface area contributed by atoms with E-state index in [0.717, 1.165) is 11.4 Å². The van der Waals surface area contributed by atoms with Crippen LogP contribution in [0.25, 0.3) is 16.9 Å². The number of ether oxygens (including phenoxy) is 1. The van der Waals surface area contributed by atoms with E-state index in [0.29, 0.717) is 22.9 Å². The van der Waals surface area contributed by atoms with Crippen molar-refractivity contribution in [2.75, 3.05) is 6.61 Å². The first-order valence-electron chi connectivity index (χ1n) is 5.86. The number of aromatic nitrogens is 4. The first-order chi connectivity index (χ1) is 9.29. The van der Waals surface area contributed by atoms with E-state index in [4.69, 9.17) is 16.3 Å². The summed E-state index contributed by atoms with van der Waals surface area (Å²) in [5, 5.41) is 0.386. The molecule has 0 bridgehead atoms. The number of fused-ring (bicyclic) bond motifs is 1. The predicted molar refractivity (Wildman–Crippen MR) is 72.8 cm³/mol. The largest absolute Gasteiger partial charge is 0.494 e. The molecule has 2 aromatic heterocycles. The Labute approximate surface area is 114 Å². The van der Waals surface area contributed by atoms with Gasteiger partial charge >= 0.3 is 0 Å². The Morgan fingerprint density at radius 1 is 1.16 bits per heavy atom. The Balaban J connectivity index is 2.09. The van der Waals surface area contributed by atoms with Gasteiger partial charge in [-0.3, -0.25) is 4.57 Å². The number of halogens is 1. The van der Waals surface area contributed by atoms with Crippen LogP contribution in [0.2, 0.25) is 5.15 Å². The smallest absolute Gasteiger partial charge is 0.182 e. The lowest BCUT2D eigenvalue weighted by Gasteiger charge is -2.07. The van der Waals surface area contributed by atoms with Gasteiger partial charge in [-0.05, 0) is 31.2 Å². The van der Waals surface area contributed by atoms with E-state index in [1.165, 1.54) is 6.33 Å². The Kier molecular flexibility index (Phi) is 3.05. The zero-order valence-electron chi connectivity index (χ0n) is 10.2. The highest BCUT2D eigenvalue weighted by Gasteiger charge is 2.10. The molecule has 0 saturated heterocycles. The molecule has 0 saturated carbocycles. The minimum atomic E-state index is 0.386. The molecule has 0 unspecified atom stereocenters. The maximum absolute atomic E-state index is 6.10. The second kappa shape index (κ2) is 4.85. The molecule has 0 aliphatic carbocycles. The van der Waals surface area contributed by atoms with Gasteiger partial charge in [-0.15, -0.1) is 0 Å². The predicted octanol–water partition coefficient (Wildman–Crippen LogP) is 2.87. The third-order valence-corrected chi connectivity index (χ3v) is 3.00. The summed E-state index contributed by atoms with van der Waals surface area (Å²) < 4.78 is 7.27. The highest BCUT2D eigenvalue weighted by molar-refractivity contribution is 6.33. The Hall–Kier alpha value is -2.14. The topological polar surface area (TPSA) is 52.8 Å². The summed E-state index contributed by atoms with van der Waals surface area (Å²) in [5.74, 6) is 0.831. The molecule has 0 aliphatic heterocycles. The van der Waals surface area contributed by atoms with Crippen LogP contribution in [0.4, 0.5) is 0 Å². The Bertz CT molecular complexity index is 708. The molecule has 5 nitrogen and oxygen atoms in total. The van der Waals surface area contributed by atoms with Crippen LogP contribution in [0.15, 0.2) is 36.9 Å². The summed E-state index contributed by atoms with van der Waals surface area (Å²) in [6.45, 7) is 2.60. The fraction of sp³-hybridized carbons (Fsp3) is 0.154. The first-order valence-corrected chi connectivity index (χ1v) is 6.24. The molecule has 2 heterocycles. The Morgan fingerprint density at radius 3 is 2.68 bits per heavy atom. The van der Waals surface area contributed by atoms with Crippen molar-refractivity contribution in [3.8, 4) is 11.4 Å². The molecule has 0 fully saturated rings. The number of imidazole rings is 1. The minimum Gasteiger partial charge on any atom is -0.494 e. The highest BCUT2D eigenvalue weighted by Crippen LogP contribution is 2.23. The van der Waals surface area contributed by atoms with E-state index >= 15 is 0 Å². The van der Waals surface area contributed by atoms with Crippen LogP contribution in [0.1, 0.15) is 6.92 Å². The van der Waals surface area contributed by atoms with Gasteiger partial charge in [-0.1, -0.05) is 11.6 Å². The third-order valence-electron chi connectivity index (χ3n) is 2.72. The summed E-state index contributed by atoms with van der Waals surface area (Å²) in [6.07, 6.45) is 3.08. The molecule has 0 N–H and O–H groups in total. The molecule has 3 aromatic rings. The van der Waals surface area contributed by atoms with Crippen molar-refractivity contribution in [1.29, 1.82) is 0 Å². The van der Waals surface area contributed by atoms with E-state index in [1.807, 2.05) is 35.8 Å². The number of nitrogens with zero attached hydrogens (tertiary/aromatic N) is 4. The molecule has 96 valence electrons. The zero-order valence-corrected chi connectivity index (χ0v) is 11.0. The quantitative estimate of drug-likeness (QED) is 0.689. The molecular formula is C13H11ClN4O. The van der Waals surface area contributed by atoms with Gasteiger partial charge in [0.25, 0.3) is 0 Å². The molecule has 3 rings (SSSR count). The van der Waals surface area contributed by atoms with Crippen molar-refractivity contribution >= 4 is 22.8 Å². The van der Waals surface area contributed by atoms with Gasteiger partial charge in [0.1, 0.15) is 23.9 Å². The molecule has 0 spiro atoms. The second-order valence-corrected chi connectivity index (χ2v) is 4.24. The van der Waals surface area contributed by atoms with Crippen molar-refractivity contribution in [3.05, 3.63) is 42.1 Å². The fourth-order valence-electron chi connectivity index (χ4n) is 1.89. The zero-order chi connectivity index (χ0) is 13.2. The van der Waals surface area contributed by atoms with Crippen LogP contribution in [0.3, 0.4) is 0 Å². The van der Waals surface area contributed by atoms with Crippen molar-refractivity contribution in [1.82, 2.24) is 19.5 Å². The average molecular weight is 275 g/mol. The monoisotopic (exact) mass is 274 g/mol. The maximum atomic E-state index is 6.10. The number of benzene rings is 1. The molecule has 0 radical (unpaired) electrons. The average Bonchev–Trinajstić information content (AvgIpc) is 2.85. The number of hydrogen-bond donors (Lipinski definition) is 0. The lowest BCUT2D eigenvalue weighted by molar-refractivity contribution is 0.340. The normalized spacial score (nSPS) is 10.8. The SMILES string of the molecule is CCOc1ccc(-n2cnc3ncnc(Cl)c32)cc1. The van der Waals surface area contributed by atoms with E-state index in [-0.39, 0.29) is 0 Å². The van der Waals surface area contributed by atoms with Crippen LogP contribution < -0.4 is 4.74 Å². The van der Waals surface area contributed by atoms with Gasteiger partial charge in [-0.25, -0.2) is 15.0 Å². The van der Waals surface area contributed by atoms with E-state index in [2.05, 4.69) is 15.0 Å².